The van der Waals surface area contributed by atoms with E-state index in [0.29, 0.717) is 12.3 Å². The van der Waals surface area contributed by atoms with E-state index in [2.05, 4.69) is 12.2 Å². The minimum Gasteiger partial charge on any atom is -0.508 e. The summed E-state index contributed by atoms with van der Waals surface area (Å²) in [5.74, 6) is 1.11. The second-order valence-corrected chi connectivity index (χ2v) is 4.23. The summed E-state index contributed by atoms with van der Waals surface area (Å²) in [6.07, 6.45) is 5.02. The first-order valence-electron chi connectivity index (χ1n) is 6.34. The molecule has 1 aromatic rings. The predicted molar refractivity (Wildman–Crippen MR) is 70.5 cm³/mol. The van der Waals surface area contributed by atoms with Crippen molar-refractivity contribution in [1.29, 1.82) is 0 Å². The third-order valence-corrected chi connectivity index (χ3v) is 2.81. The maximum Gasteiger partial charge on any atom is 0.120 e. The lowest BCUT2D eigenvalue weighted by molar-refractivity contribution is 0.410. The number of hydrogen-bond donors (Lipinski definition) is 2. The number of benzene rings is 1. The molecule has 0 aromatic heterocycles. The fraction of sp³-hybridized carbons (Fsp3) is 0.571. The highest BCUT2D eigenvalue weighted by atomic mass is 16.5. The normalized spacial score (nSPS) is 10.5. The lowest BCUT2D eigenvalue weighted by atomic mass is 10.1. The van der Waals surface area contributed by atoms with Crippen molar-refractivity contribution < 1.29 is 9.84 Å². The minimum absolute atomic E-state index is 0.326. The molecule has 0 saturated carbocycles. The van der Waals surface area contributed by atoms with E-state index in [0.717, 1.165) is 17.9 Å². The van der Waals surface area contributed by atoms with Crippen LogP contribution >= 0.6 is 0 Å². The summed E-state index contributed by atoms with van der Waals surface area (Å²) in [7, 11) is 1.63. The lowest BCUT2D eigenvalue weighted by Crippen LogP contribution is -2.14. The smallest absolute Gasteiger partial charge is 0.120 e. The van der Waals surface area contributed by atoms with E-state index in [1.807, 2.05) is 6.07 Å². The van der Waals surface area contributed by atoms with Crippen LogP contribution in [0, 0.1) is 0 Å². The van der Waals surface area contributed by atoms with Crippen LogP contribution in [0.25, 0.3) is 0 Å². The maximum absolute atomic E-state index is 9.68. The van der Waals surface area contributed by atoms with Gasteiger partial charge in [-0.2, -0.15) is 0 Å². The summed E-state index contributed by atoms with van der Waals surface area (Å²) in [5, 5.41) is 13.0. The largest absolute Gasteiger partial charge is 0.508 e. The van der Waals surface area contributed by atoms with Crippen LogP contribution in [-0.4, -0.2) is 18.8 Å². The Labute approximate surface area is 104 Å². The van der Waals surface area contributed by atoms with Gasteiger partial charge in [0.1, 0.15) is 11.5 Å². The van der Waals surface area contributed by atoms with E-state index in [1.54, 1.807) is 19.2 Å². The average Bonchev–Trinajstić information content (AvgIpc) is 2.35. The van der Waals surface area contributed by atoms with Gasteiger partial charge >= 0.3 is 0 Å². The zero-order chi connectivity index (χ0) is 12.5. The van der Waals surface area contributed by atoms with Crippen LogP contribution in [0.4, 0.5) is 0 Å². The van der Waals surface area contributed by atoms with Crippen LogP contribution in [-0.2, 0) is 6.54 Å². The van der Waals surface area contributed by atoms with E-state index in [1.165, 1.54) is 25.7 Å². The Bertz CT molecular complexity index is 326. The molecule has 17 heavy (non-hydrogen) atoms. The van der Waals surface area contributed by atoms with Gasteiger partial charge in [-0.15, -0.1) is 0 Å². The molecular formula is C14H23NO2. The maximum atomic E-state index is 9.68. The van der Waals surface area contributed by atoms with E-state index in [-0.39, 0.29) is 0 Å². The molecule has 0 radical (unpaired) electrons. The standard InChI is InChI=1S/C14H23NO2/c1-3-4-5-6-9-15-11-12-10-13(17-2)7-8-14(12)16/h7-8,10,15-16H,3-6,9,11H2,1-2H3. The average molecular weight is 237 g/mol. The number of nitrogens with one attached hydrogen (secondary N) is 1. The molecule has 0 atom stereocenters. The van der Waals surface area contributed by atoms with E-state index in [4.69, 9.17) is 4.74 Å². The zero-order valence-corrected chi connectivity index (χ0v) is 10.8. The van der Waals surface area contributed by atoms with Gasteiger partial charge in [0.15, 0.2) is 0 Å². The Morgan fingerprint density at radius 3 is 2.76 bits per heavy atom. The summed E-state index contributed by atoms with van der Waals surface area (Å²) < 4.78 is 5.13. The molecule has 1 aromatic carbocycles. The number of aromatic hydroxyl groups is 1. The fourth-order valence-electron chi connectivity index (χ4n) is 1.73. The SMILES string of the molecule is CCCCCCNCc1cc(OC)ccc1O. The monoisotopic (exact) mass is 237 g/mol. The van der Waals surface area contributed by atoms with E-state index >= 15 is 0 Å². The molecule has 0 unspecified atom stereocenters. The van der Waals surface area contributed by atoms with Crippen molar-refractivity contribution >= 4 is 0 Å². The first-order chi connectivity index (χ1) is 8.27. The molecule has 0 heterocycles. The van der Waals surface area contributed by atoms with Gasteiger partial charge in [-0.25, -0.2) is 0 Å². The fourth-order valence-corrected chi connectivity index (χ4v) is 1.73. The highest BCUT2D eigenvalue weighted by Crippen LogP contribution is 2.22. The number of phenolic OH excluding ortho intramolecular Hbond substituents is 1. The van der Waals surface area contributed by atoms with Gasteiger partial charge < -0.3 is 15.2 Å². The molecule has 0 amide bonds. The quantitative estimate of drug-likeness (QED) is 0.683. The molecule has 3 nitrogen and oxygen atoms in total. The van der Waals surface area contributed by atoms with Crippen molar-refractivity contribution in [3.05, 3.63) is 23.8 Å². The van der Waals surface area contributed by atoms with Gasteiger partial charge in [-0.3, -0.25) is 0 Å². The molecule has 96 valence electrons. The molecular weight excluding hydrogens is 214 g/mol. The van der Waals surface area contributed by atoms with Crippen molar-refractivity contribution in [2.75, 3.05) is 13.7 Å². The van der Waals surface area contributed by atoms with Crippen LogP contribution in [0.15, 0.2) is 18.2 Å². The van der Waals surface area contributed by atoms with Gasteiger partial charge in [-0.1, -0.05) is 26.2 Å². The predicted octanol–water partition coefficient (Wildman–Crippen LogP) is 3.07. The van der Waals surface area contributed by atoms with E-state index < -0.39 is 0 Å². The number of phenols is 1. The third kappa shape index (κ3) is 5.09. The third-order valence-electron chi connectivity index (χ3n) is 2.81. The molecule has 3 heteroatoms. The van der Waals surface area contributed by atoms with E-state index in [9.17, 15) is 5.11 Å². The van der Waals surface area contributed by atoms with Crippen molar-refractivity contribution in [3.8, 4) is 11.5 Å². The first-order valence-corrected chi connectivity index (χ1v) is 6.34. The number of rotatable bonds is 8. The Hall–Kier alpha value is -1.22. The topological polar surface area (TPSA) is 41.5 Å². The number of unbranched alkanes of at least 4 members (excludes halogenated alkanes) is 3. The van der Waals surface area contributed by atoms with Crippen molar-refractivity contribution in [1.82, 2.24) is 5.32 Å². The zero-order valence-electron chi connectivity index (χ0n) is 10.8. The molecule has 0 aliphatic rings. The molecule has 0 saturated heterocycles. The summed E-state index contributed by atoms with van der Waals surface area (Å²) in [4.78, 5) is 0. The highest BCUT2D eigenvalue weighted by Gasteiger charge is 2.02. The molecule has 1 rings (SSSR count). The molecule has 0 aliphatic carbocycles. The van der Waals surface area contributed by atoms with Crippen LogP contribution in [0.2, 0.25) is 0 Å². The molecule has 0 fully saturated rings. The van der Waals surface area contributed by atoms with Crippen molar-refractivity contribution in [2.24, 2.45) is 0 Å². The molecule has 0 bridgehead atoms. The lowest BCUT2D eigenvalue weighted by Gasteiger charge is -2.08. The number of methoxy groups -OCH3 is 1. The second kappa shape index (κ2) is 7.96. The Kier molecular flexibility index (Phi) is 6.48. The van der Waals surface area contributed by atoms with Gasteiger partial charge in [0, 0.05) is 12.1 Å². The van der Waals surface area contributed by atoms with Gasteiger partial charge in [-0.05, 0) is 31.2 Å². The van der Waals surface area contributed by atoms with Crippen LogP contribution in [0.3, 0.4) is 0 Å². The molecule has 0 spiro atoms. The van der Waals surface area contributed by atoms with Crippen LogP contribution in [0.5, 0.6) is 11.5 Å². The molecule has 2 N–H and O–H groups in total. The highest BCUT2D eigenvalue weighted by molar-refractivity contribution is 5.39. The van der Waals surface area contributed by atoms with Gasteiger partial charge in [0.2, 0.25) is 0 Å². The summed E-state index contributed by atoms with van der Waals surface area (Å²) in [6.45, 7) is 3.90. The summed E-state index contributed by atoms with van der Waals surface area (Å²) >= 11 is 0. The van der Waals surface area contributed by atoms with Crippen molar-refractivity contribution in [3.63, 3.8) is 0 Å². The summed E-state index contributed by atoms with van der Waals surface area (Å²) in [5.41, 5.74) is 0.889. The van der Waals surface area contributed by atoms with Gasteiger partial charge in [0.25, 0.3) is 0 Å². The Balaban J connectivity index is 2.30. The van der Waals surface area contributed by atoms with Crippen LogP contribution < -0.4 is 10.1 Å². The minimum atomic E-state index is 0.326. The first kappa shape index (κ1) is 13.8. The summed E-state index contributed by atoms with van der Waals surface area (Å²) in [6, 6.07) is 5.31. The number of ether oxygens (including phenoxy) is 1. The van der Waals surface area contributed by atoms with Crippen LogP contribution in [0.1, 0.15) is 38.2 Å². The second-order valence-electron chi connectivity index (χ2n) is 4.23. The molecule has 0 aliphatic heterocycles. The van der Waals surface area contributed by atoms with Crippen molar-refractivity contribution in [2.45, 2.75) is 39.2 Å². The van der Waals surface area contributed by atoms with Gasteiger partial charge in [0.05, 0.1) is 7.11 Å². The Morgan fingerprint density at radius 1 is 1.24 bits per heavy atom. The Morgan fingerprint density at radius 2 is 2.06 bits per heavy atom. The number of hydrogen-bond acceptors (Lipinski definition) is 3.